The van der Waals surface area contributed by atoms with Gasteiger partial charge in [-0.15, -0.1) is 0 Å². The first-order chi connectivity index (χ1) is 11.3. The van der Waals surface area contributed by atoms with Gasteiger partial charge < -0.3 is 4.90 Å². The number of hydrogen-bond donors (Lipinski definition) is 0. The number of nitrogens with zero attached hydrogens (tertiary/aromatic N) is 2. The largest absolute Gasteiger partial charge is 0.338 e. The number of carbonyl (C=O) groups is 1. The number of sulfonamides is 1. The maximum Gasteiger partial charge on any atom is 0.255 e. The lowest BCUT2D eigenvalue weighted by molar-refractivity contribution is 0.0683. The summed E-state index contributed by atoms with van der Waals surface area (Å²) >= 11 is 6.19. The highest BCUT2D eigenvalue weighted by atomic mass is 35.5. The van der Waals surface area contributed by atoms with E-state index in [0.717, 1.165) is 12.8 Å². The normalized spacial score (nSPS) is 18.9. The fraction of sp³-hybridized carbons (Fsp3) is 0.588. The fourth-order valence-corrected chi connectivity index (χ4v) is 4.77. The highest BCUT2D eigenvalue weighted by molar-refractivity contribution is 7.89. The van der Waals surface area contributed by atoms with Crippen LogP contribution in [0, 0.1) is 5.92 Å². The number of rotatable bonds is 5. The second-order valence-electron chi connectivity index (χ2n) is 6.23. The summed E-state index contributed by atoms with van der Waals surface area (Å²) in [7, 11) is -3.61. The SMILES string of the molecule is CCN(CC)S(=O)(=O)c1ccc(Cl)c(C(=O)N2CCCC(C)C2)c1. The molecule has 1 aromatic carbocycles. The second kappa shape index (κ2) is 7.85. The Kier molecular flexibility index (Phi) is 6.28. The number of likely N-dealkylation sites (tertiary alicyclic amines) is 1. The first kappa shape index (κ1) is 19.2. The molecule has 7 heteroatoms. The van der Waals surface area contributed by atoms with Crippen LogP contribution in [0.4, 0.5) is 0 Å². The van der Waals surface area contributed by atoms with Crippen LogP contribution in [-0.2, 0) is 10.0 Å². The van der Waals surface area contributed by atoms with Gasteiger partial charge in [0, 0.05) is 26.2 Å². The third-order valence-corrected chi connectivity index (χ3v) is 6.83. The van der Waals surface area contributed by atoms with E-state index in [1.54, 1.807) is 18.7 Å². The Balaban J connectivity index is 2.37. The van der Waals surface area contributed by atoms with Gasteiger partial charge in [-0.05, 0) is 37.0 Å². The Morgan fingerprint density at radius 1 is 1.33 bits per heavy atom. The predicted molar refractivity (Wildman–Crippen MR) is 95.9 cm³/mol. The summed E-state index contributed by atoms with van der Waals surface area (Å²) in [5.74, 6) is 0.257. The van der Waals surface area contributed by atoms with Crippen molar-refractivity contribution in [2.75, 3.05) is 26.2 Å². The molecular formula is C17H25ClN2O3S. The summed E-state index contributed by atoms with van der Waals surface area (Å²) < 4.78 is 26.7. The smallest absolute Gasteiger partial charge is 0.255 e. The maximum atomic E-state index is 12.8. The molecular weight excluding hydrogens is 348 g/mol. The van der Waals surface area contributed by atoms with Crippen LogP contribution < -0.4 is 0 Å². The molecule has 0 N–H and O–H groups in total. The first-order valence-corrected chi connectivity index (χ1v) is 10.2. The van der Waals surface area contributed by atoms with Gasteiger partial charge in [-0.25, -0.2) is 8.42 Å². The van der Waals surface area contributed by atoms with Crippen molar-refractivity contribution in [1.29, 1.82) is 0 Å². The summed E-state index contributed by atoms with van der Waals surface area (Å²) in [5, 5.41) is 0.289. The Morgan fingerprint density at radius 3 is 2.58 bits per heavy atom. The quantitative estimate of drug-likeness (QED) is 0.797. The zero-order valence-electron chi connectivity index (χ0n) is 14.5. The Bertz CT molecular complexity index is 702. The molecule has 1 amide bonds. The molecule has 0 aliphatic carbocycles. The van der Waals surface area contributed by atoms with Gasteiger partial charge in [0.25, 0.3) is 5.91 Å². The van der Waals surface area contributed by atoms with Crippen LogP contribution in [0.15, 0.2) is 23.1 Å². The van der Waals surface area contributed by atoms with E-state index in [1.165, 1.54) is 22.5 Å². The van der Waals surface area contributed by atoms with Crippen molar-refractivity contribution in [3.8, 4) is 0 Å². The molecule has 0 radical (unpaired) electrons. The molecule has 24 heavy (non-hydrogen) atoms. The van der Waals surface area contributed by atoms with Crippen LogP contribution in [0.25, 0.3) is 0 Å². The average molecular weight is 373 g/mol. The molecule has 1 heterocycles. The first-order valence-electron chi connectivity index (χ1n) is 8.40. The third kappa shape index (κ3) is 3.92. The molecule has 0 aromatic heterocycles. The zero-order valence-corrected chi connectivity index (χ0v) is 16.0. The summed E-state index contributed by atoms with van der Waals surface area (Å²) in [5.41, 5.74) is 0.263. The van der Waals surface area contributed by atoms with E-state index in [0.29, 0.717) is 32.1 Å². The lowest BCUT2D eigenvalue weighted by atomic mass is 9.99. The summed E-state index contributed by atoms with van der Waals surface area (Å²) in [6.07, 6.45) is 2.07. The number of amides is 1. The molecule has 1 aliphatic heterocycles. The van der Waals surface area contributed by atoms with Crippen molar-refractivity contribution in [2.45, 2.75) is 38.5 Å². The standard InChI is InChI=1S/C17H25ClN2O3S/c1-4-20(5-2)24(22,23)14-8-9-16(18)15(11-14)17(21)19-10-6-7-13(3)12-19/h8-9,11,13H,4-7,10,12H2,1-3H3. The number of carbonyl (C=O) groups excluding carboxylic acids is 1. The molecule has 1 unspecified atom stereocenters. The van der Waals surface area contributed by atoms with Crippen LogP contribution in [0.5, 0.6) is 0 Å². The van der Waals surface area contributed by atoms with Crippen molar-refractivity contribution in [2.24, 2.45) is 5.92 Å². The van der Waals surface area contributed by atoms with E-state index in [2.05, 4.69) is 6.92 Å². The maximum absolute atomic E-state index is 12.8. The van der Waals surface area contributed by atoms with E-state index < -0.39 is 10.0 Å². The molecule has 1 aliphatic rings. The van der Waals surface area contributed by atoms with Gasteiger partial charge in [0.2, 0.25) is 10.0 Å². The van der Waals surface area contributed by atoms with E-state index in [1.807, 2.05) is 0 Å². The van der Waals surface area contributed by atoms with Gasteiger partial charge in [0.05, 0.1) is 15.5 Å². The van der Waals surface area contributed by atoms with E-state index in [4.69, 9.17) is 11.6 Å². The molecule has 0 saturated carbocycles. The molecule has 1 fully saturated rings. The second-order valence-corrected chi connectivity index (χ2v) is 8.57. The summed E-state index contributed by atoms with van der Waals surface area (Å²) in [6.45, 7) is 7.83. The Morgan fingerprint density at radius 2 is 2.00 bits per heavy atom. The summed E-state index contributed by atoms with van der Waals surface area (Å²) in [6, 6.07) is 4.38. The molecule has 5 nitrogen and oxygen atoms in total. The van der Waals surface area contributed by atoms with Crippen LogP contribution in [0.1, 0.15) is 44.0 Å². The van der Waals surface area contributed by atoms with Gasteiger partial charge in [-0.1, -0.05) is 32.4 Å². The highest BCUT2D eigenvalue weighted by Gasteiger charge is 2.27. The van der Waals surface area contributed by atoms with Gasteiger partial charge in [-0.2, -0.15) is 4.31 Å². The van der Waals surface area contributed by atoms with Crippen molar-refractivity contribution in [1.82, 2.24) is 9.21 Å². The number of benzene rings is 1. The van der Waals surface area contributed by atoms with Crippen LogP contribution in [0.2, 0.25) is 5.02 Å². The van der Waals surface area contributed by atoms with Crippen molar-refractivity contribution in [3.63, 3.8) is 0 Å². The van der Waals surface area contributed by atoms with Gasteiger partial charge in [0.15, 0.2) is 0 Å². The van der Waals surface area contributed by atoms with Gasteiger partial charge >= 0.3 is 0 Å². The molecule has 0 bridgehead atoms. The van der Waals surface area contributed by atoms with E-state index in [9.17, 15) is 13.2 Å². The van der Waals surface area contributed by atoms with Gasteiger partial charge in [-0.3, -0.25) is 4.79 Å². The third-order valence-electron chi connectivity index (χ3n) is 4.46. The molecule has 1 atom stereocenters. The lowest BCUT2D eigenvalue weighted by Crippen LogP contribution is -2.39. The average Bonchev–Trinajstić information content (AvgIpc) is 2.55. The van der Waals surface area contributed by atoms with Gasteiger partial charge in [0.1, 0.15) is 0 Å². The van der Waals surface area contributed by atoms with E-state index in [-0.39, 0.29) is 21.4 Å². The number of halogens is 1. The minimum Gasteiger partial charge on any atom is -0.338 e. The van der Waals surface area contributed by atoms with Crippen LogP contribution in [-0.4, -0.2) is 49.7 Å². The minimum atomic E-state index is -3.61. The summed E-state index contributed by atoms with van der Waals surface area (Å²) in [4.78, 5) is 14.7. The minimum absolute atomic E-state index is 0.115. The number of piperidine rings is 1. The molecule has 134 valence electrons. The number of hydrogen-bond acceptors (Lipinski definition) is 3. The Hall–Kier alpha value is -1.11. The van der Waals surface area contributed by atoms with Crippen molar-refractivity contribution in [3.05, 3.63) is 28.8 Å². The molecule has 1 aromatic rings. The molecule has 1 saturated heterocycles. The Labute approximate surface area is 149 Å². The van der Waals surface area contributed by atoms with Crippen molar-refractivity contribution >= 4 is 27.5 Å². The van der Waals surface area contributed by atoms with E-state index >= 15 is 0 Å². The topological polar surface area (TPSA) is 57.7 Å². The fourth-order valence-electron chi connectivity index (χ4n) is 3.09. The monoisotopic (exact) mass is 372 g/mol. The molecule has 2 rings (SSSR count). The predicted octanol–water partition coefficient (Wildman–Crippen LogP) is 3.24. The zero-order chi connectivity index (χ0) is 17.9. The van der Waals surface area contributed by atoms with Crippen LogP contribution >= 0.6 is 11.6 Å². The van der Waals surface area contributed by atoms with Crippen molar-refractivity contribution < 1.29 is 13.2 Å². The lowest BCUT2D eigenvalue weighted by Gasteiger charge is -2.31. The highest BCUT2D eigenvalue weighted by Crippen LogP contribution is 2.26. The molecule has 0 spiro atoms. The van der Waals surface area contributed by atoms with Crippen LogP contribution in [0.3, 0.4) is 0 Å².